The second-order valence-electron chi connectivity index (χ2n) is 3.83. The van der Waals surface area contributed by atoms with E-state index in [1.54, 1.807) is 20.8 Å². The number of halogens is 2. The first-order chi connectivity index (χ1) is 6.19. The second kappa shape index (κ2) is 4.68. The van der Waals surface area contributed by atoms with Crippen molar-refractivity contribution in [2.24, 2.45) is 0 Å². The molecule has 5 heteroatoms. The molecular weight excluding hydrogens is 194 g/mol. The van der Waals surface area contributed by atoms with Gasteiger partial charge < -0.3 is 9.47 Å². The molecular formula is C9H16F2O3. The van der Waals surface area contributed by atoms with E-state index in [-0.39, 0.29) is 6.61 Å². The number of carbonyl (C=O) groups is 1. The number of hydrogen-bond acceptors (Lipinski definition) is 3. The van der Waals surface area contributed by atoms with Crippen LogP contribution in [0.1, 0.15) is 27.7 Å². The van der Waals surface area contributed by atoms with Crippen LogP contribution in [0, 0.1) is 0 Å². The van der Waals surface area contributed by atoms with E-state index in [1.807, 2.05) is 0 Å². The molecule has 0 fully saturated rings. The minimum atomic E-state index is -3.57. The number of ether oxygens (including phenoxy) is 2. The van der Waals surface area contributed by atoms with Crippen molar-refractivity contribution in [1.82, 2.24) is 0 Å². The van der Waals surface area contributed by atoms with E-state index in [0.29, 0.717) is 0 Å². The number of rotatable bonds is 4. The second-order valence-corrected chi connectivity index (χ2v) is 3.83. The Kier molecular flexibility index (Phi) is 4.45. The Hall–Kier alpha value is -0.710. The van der Waals surface area contributed by atoms with Crippen LogP contribution < -0.4 is 0 Å². The highest BCUT2D eigenvalue weighted by molar-refractivity contribution is 5.77. The molecule has 0 atom stereocenters. The summed E-state index contributed by atoms with van der Waals surface area (Å²) >= 11 is 0. The van der Waals surface area contributed by atoms with Crippen molar-refractivity contribution in [1.29, 1.82) is 0 Å². The van der Waals surface area contributed by atoms with Gasteiger partial charge >= 0.3 is 11.9 Å². The van der Waals surface area contributed by atoms with Crippen molar-refractivity contribution in [2.45, 2.75) is 39.2 Å². The topological polar surface area (TPSA) is 35.5 Å². The van der Waals surface area contributed by atoms with Gasteiger partial charge in [-0.15, -0.1) is 0 Å². The molecule has 0 aromatic rings. The molecule has 0 radical (unpaired) electrons. The van der Waals surface area contributed by atoms with Crippen LogP contribution in [0.2, 0.25) is 0 Å². The summed E-state index contributed by atoms with van der Waals surface area (Å²) in [6, 6.07) is 0. The number of esters is 1. The van der Waals surface area contributed by atoms with Gasteiger partial charge in [0.2, 0.25) is 0 Å². The van der Waals surface area contributed by atoms with Gasteiger partial charge in [-0.2, -0.15) is 8.78 Å². The highest BCUT2D eigenvalue weighted by Crippen LogP contribution is 2.19. The fourth-order valence-corrected chi connectivity index (χ4v) is 0.603. The zero-order valence-corrected chi connectivity index (χ0v) is 8.89. The van der Waals surface area contributed by atoms with Gasteiger partial charge in [0.15, 0.2) is 0 Å². The number of carbonyl (C=O) groups excluding carboxylic acids is 1. The molecule has 0 aliphatic rings. The lowest BCUT2D eigenvalue weighted by Gasteiger charge is -2.22. The third kappa shape index (κ3) is 5.11. The Bertz CT molecular complexity index is 197. The lowest BCUT2D eigenvalue weighted by atomic mass is 10.2. The number of alkyl halides is 2. The molecule has 0 aliphatic carbocycles. The smallest absolute Gasteiger partial charge is 0.379 e. The zero-order valence-electron chi connectivity index (χ0n) is 8.89. The summed E-state index contributed by atoms with van der Waals surface area (Å²) in [5, 5.41) is 0. The molecule has 0 N–H and O–H groups in total. The molecule has 0 saturated heterocycles. The van der Waals surface area contributed by atoms with Crippen LogP contribution in [0.4, 0.5) is 8.78 Å². The normalized spacial score (nSPS) is 12.7. The molecule has 0 unspecified atom stereocenters. The van der Waals surface area contributed by atoms with Gasteiger partial charge in [-0.05, 0) is 27.7 Å². The fourth-order valence-electron chi connectivity index (χ4n) is 0.603. The van der Waals surface area contributed by atoms with Crippen LogP contribution >= 0.6 is 0 Å². The summed E-state index contributed by atoms with van der Waals surface area (Å²) < 4.78 is 34.9. The Morgan fingerprint density at radius 3 is 2.14 bits per heavy atom. The van der Waals surface area contributed by atoms with Crippen LogP contribution in [0.3, 0.4) is 0 Å². The maximum absolute atomic E-state index is 12.9. The summed E-state index contributed by atoms with van der Waals surface area (Å²) in [4.78, 5) is 10.7. The van der Waals surface area contributed by atoms with Crippen molar-refractivity contribution >= 4 is 5.97 Å². The monoisotopic (exact) mass is 210 g/mol. The minimum absolute atomic E-state index is 0.0655. The molecule has 0 bridgehead atoms. The summed E-state index contributed by atoms with van der Waals surface area (Å²) in [5.74, 6) is -5.10. The number of hydrogen-bond donors (Lipinski definition) is 0. The largest absolute Gasteiger partial charge is 0.461 e. The average Bonchev–Trinajstić information content (AvgIpc) is 2.00. The van der Waals surface area contributed by atoms with Gasteiger partial charge in [0, 0.05) is 0 Å². The molecule has 0 heterocycles. The zero-order chi connectivity index (χ0) is 11.4. The van der Waals surface area contributed by atoms with Gasteiger partial charge in [0.25, 0.3) is 0 Å². The molecule has 0 aromatic carbocycles. The molecule has 0 aliphatic heterocycles. The molecule has 3 nitrogen and oxygen atoms in total. The van der Waals surface area contributed by atoms with E-state index in [1.165, 1.54) is 6.92 Å². The van der Waals surface area contributed by atoms with E-state index in [2.05, 4.69) is 4.74 Å². The predicted octanol–water partition coefficient (Wildman–Crippen LogP) is 2.00. The van der Waals surface area contributed by atoms with Crippen LogP contribution in [-0.2, 0) is 14.3 Å². The molecule has 84 valence electrons. The van der Waals surface area contributed by atoms with E-state index in [9.17, 15) is 13.6 Å². The Balaban J connectivity index is 4.13. The van der Waals surface area contributed by atoms with Crippen molar-refractivity contribution in [3.05, 3.63) is 0 Å². The standard InChI is InChI=1S/C9H16F2O3/c1-5-13-7(12)9(10,11)6-14-8(2,3)4/h5-6H2,1-4H3. The summed E-state index contributed by atoms with van der Waals surface area (Å²) in [6.45, 7) is 5.36. The van der Waals surface area contributed by atoms with Crippen LogP contribution in [0.15, 0.2) is 0 Å². The van der Waals surface area contributed by atoms with Gasteiger partial charge in [-0.1, -0.05) is 0 Å². The van der Waals surface area contributed by atoms with Crippen LogP contribution in [0.25, 0.3) is 0 Å². The van der Waals surface area contributed by atoms with Gasteiger partial charge in [0.1, 0.15) is 6.61 Å². The Morgan fingerprint density at radius 2 is 1.79 bits per heavy atom. The molecule has 0 aromatic heterocycles. The first-order valence-corrected chi connectivity index (χ1v) is 4.38. The van der Waals surface area contributed by atoms with E-state index < -0.39 is 24.1 Å². The average molecular weight is 210 g/mol. The summed E-state index contributed by atoms with van der Waals surface area (Å²) in [5.41, 5.74) is -0.698. The molecule has 0 saturated carbocycles. The molecule has 0 amide bonds. The first kappa shape index (κ1) is 13.3. The quantitative estimate of drug-likeness (QED) is 0.666. The predicted molar refractivity (Wildman–Crippen MR) is 47.3 cm³/mol. The van der Waals surface area contributed by atoms with Crippen LogP contribution in [-0.4, -0.2) is 30.7 Å². The maximum atomic E-state index is 12.9. The van der Waals surface area contributed by atoms with E-state index in [0.717, 1.165) is 0 Å². The Labute approximate surface area is 82.4 Å². The molecule has 0 rings (SSSR count). The van der Waals surface area contributed by atoms with Crippen molar-refractivity contribution < 1.29 is 23.0 Å². The first-order valence-electron chi connectivity index (χ1n) is 4.38. The maximum Gasteiger partial charge on any atom is 0.379 e. The summed E-state index contributed by atoms with van der Waals surface area (Å²) in [7, 11) is 0. The molecule has 14 heavy (non-hydrogen) atoms. The lowest BCUT2D eigenvalue weighted by Crippen LogP contribution is -2.38. The third-order valence-corrected chi connectivity index (χ3v) is 1.26. The lowest BCUT2D eigenvalue weighted by molar-refractivity contribution is -0.186. The molecule has 0 spiro atoms. The minimum Gasteiger partial charge on any atom is -0.461 e. The SMILES string of the molecule is CCOC(=O)C(F)(F)COC(C)(C)C. The highest BCUT2D eigenvalue weighted by Gasteiger charge is 2.42. The van der Waals surface area contributed by atoms with Crippen LogP contribution in [0.5, 0.6) is 0 Å². The van der Waals surface area contributed by atoms with Crippen molar-refractivity contribution in [3.8, 4) is 0 Å². The fraction of sp³-hybridized carbons (Fsp3) is 0.889. The van der Waals surface area contributed by atoms with E-state index in [4.69, 9.17) is 4.74 Å². The van der Waals surface area contributed by atoms with E-state index >= 15 is 0 Å². The third-order valence-electron chi connectivity index (χ3n) is 1.26. The Morgan fingerprint density at radius 1 is 1.29 bits per heavy atom. The summed E-state index contributed by atoms with van der Waals surface area (Å²) in [6.07, 6.45) is 0. The van der Waals surface area contributed by atoms with Gasteiger partial charge in [0.05, 0.1) is 12.2 Å². The highest BCUT2D eigenvalue weighted by atomic mass is 19.3. The van der Waals surface area contributed by atoms with Crippen molar-refractivity contribution in [2.75, 3.05) is 13.2 Å². The van der Waals surface area contributed by atoms with Gasteiger partial charge in [-0.3, -0.25) is 0 Å². The van der Waals surface area contributed by atoms with Crippen molar-refractivity contribution in [3.63, 3.8) is 0 Å². The van der Waals surface area contributed by atoms with Gasteiger partial charge in [-0.25, -0.2) is 4.79 Å².